The van der Waals surface area contributed by atoms with E-state index in [-0.39, 0.29) is 10.7 Å². The van der Waals surface area contributed by atoms with Gasteiger partial charge in [-0.1, -0.05) is 50.1 Å². The molecule has 0 saturated carbocycles. The number of hydrogen-bond acceptors (Lipinski definition) is 3. The molecule has 0 spiro atoms. The molecule has 3 nitrogen and oxygen atoms in total. The van der Waals surface area contributed by atoms with Crippen LogP contribution in [0.5, 0.6) is 0 Å². The van der Waals surface area contributed by atoms with Crippen LogP contribution in [0.25, 0.3) is 10.2 Å². The van der Waals surface area contributed by atoms with Crippen molar-refractivity contribution in [1.29, 1.82) is 0 Å². The molecule has 0 aliphatic carbocycles. The van der Waals surface area contributed by atoms with Crippen molar-refractivity contribution in [2.24, 2.45) is 0 Å². The molecule has 1 atom stereocenters. The number of carbonyl (C=O) groups is 1. The third kappa shape index (κ3) is 2.92. The number of aromatic nitrogens is 1. The Kier molecular flexibility index (Phi) is 4.40. The van der Waals surface area contributed by atoms with Crippen LogP contribution in [0.2, 0.25) is 0 Å². The summed E-state index contributed by atoms with van der Waals surface area (Å²) >= 11 is 8.28. The molecule has 0 saturated heterocycles. The van der Waals surface area contributed by atoms with E-state index >= 15 is 0 Å². The first-order valence-electron chi connectivity index (χ1n) is 5.53. The number of anilines is 1. The lowest BCUT2D eigenvalue weighted by atomic mass is 10.2. The minimum atomic E-state index is -0.169. The second-order valence-corrected chi connectivity index (χ2v) is 7.01. The maximum atomic E-state index is 11.8. The largest absolute Gasteiger partial charge is 0.301 e. The van der Waals surface area contributed by atoms with Gasteiger partial charge in [0.05, 0.1) is 15.0 Å². The van der Waals surface area contributed by atoms with Gasteiger partial charge in [-0.15, -0.1) is 0 Å². The average molecular weight is 392 g/mol. The lowest BCUT2D eigenvalue weighted by Crippen LogP contribution is -2.21. The highest BCUT2D eigenvalue weighted by Gasteiger charge is 2.15. The number of aryl methyl sites for hydroxylation is 1. The third-order valence-electron chi connectivity index (χ3n) is 2.52. The van der Waals surface area contributed by atoms with Crippen molar-refractivity contribution < 1.29 is 4.79 Å². The maximum Gasteiger partial charge on any atom is 0.239 e. The fourth-order valence-corrected chi connectivity index (χ4v) is 3.40. The van der Waals surface area contributed by atoms with Gasteiger partial charge in [0.1, 0.15) is 0 Å². The van der Waals surface area contributed by atoms with Crippen molar-refractivity contribution in [2.45, 2.75) is 25.1 Å². The van der Waals surface area contributed by atoms with Gasteiger partial charge in [-0.3, -0.25) is 4.79 Å². The predicted molar refractivity (Wildman–Crippen MR) is 83.7 cm³/mol. The summed E-state index contributed by atoms with van der Waals surface area (Å²) in [5.41, 5.74) is 2.04. The Balaban J connectivity index is 2.31. The molecule has 2 aromatic rings. The van der Waals surface area contributed by atoms with E-state index in [1.165, 1.54) is 11.3 Å². The molecule has 0 radical (unpaired) electrons. The van der Waals surface area contributed by atoms with Crippen LogP contribution in [0.3, 0.4) is 0 Å². The minimum absolute atomic E-state index is 0.0479. The number of amides is 1. The topological polar surface area (TPSA) is 42.0 Å². The summed E-state index contributed by atoms with van der Waals surface area (Å²) in [6.45, 7) is 3.97. The van der Waals surface area contributed by atoms with Crippen molar-refractivity contribution in [1.82, 2.24) is 4.98 Å². The Morgan fingerprint density at radius 2 is 2.28 bits per heavy atom. The molecule has 0 aliphatic heterocycles. The molecule has 1 aromatic heterocycles. The van der Waals surface area contributed by atoms with Crippen molar-refractivity contribution >= 4 is 64.5 Å². The quantitative estimate of drug-likeness (QED) is 0.783. The highest BCUT2D eigenvalue weighted by atomic mass is 79.9. The molecule has 1 amide bonds. The summed E-state index contributed by atoms with van der Waals surface area (Å²) < 4.78 is 2.10. The molecule has 0 bridgehead atoms. The molecule has 1 heterocycles. The molecule has 2 rings (SSSR count). The number of thiazole rings is 1. The summed E-state index contributed by atoms with van der Waals surface area (Å²) in [6.07, 6.45) is 0.751. The lowest BCUT2D eigenvalue weighted by Gasteiger charge is -2.04. The van der Waals surface area contributed by atoms with Gasteiger partial charge in [-0.25, -0.2) is 4.98 Å². The van der Waals surface area contributed by atoms with Crippen LogP contribution in [0, 0.1) is 6.92 Å². The van der Waals surface area contributed by atoms with Crippen LogP contribution in [0.4, 0.5) is 5.13 Å². The van der Waals surface area contributed by atoms with Gasteiger partial charge in [0, 0.05) is 4.47 Å². The van der Waals surface area contributed by atoms with Crippen molar-refractivity contribution in [3.63, 3.8) is 0 Å². The zero-order chi connectivity index (χ0) is 13.3. The lowest BCUT2D eigenvalue weighted by molar-refractivity contribution is -0.115. The van der Waals surface area contributed by atoms with E-state index in [0.29, 0.717) is 5.13 Å². The van der Waals surface area contributed by atoms with E-state index in [0.717, 1.165) is 26.7 Å². The van der Waals surface area contributed by atoms with E-state index in [4.69, 9.17) is 0 Å². The summed E-state index contributed by atoms with van der Waals surface area (Å²) in [5.74, 6) is -0.0479. The van der Waals surface area contributed by atoms with Gasteiger partial charge in [-0.2, -0.15) is 0 Å². The van der Waals surface area contributed by atoms with Gasteiger partial charge < -0.3 is 5.32 Å². The Morgan fingerprint density at radius 1 is 1.56 bits per heavy atom. The van der Waals surface area contributed by atoms with E-state index < -0.39 is 0 Å². The highest BCUT2D eigenvalue weighted by molar-refractivity contribution is 9.10. The van der Waals surface area contributed by atoms with Crippen LogP contribution in [-0.2, 0) is 4.79 Å². The first-order valence-corrected chi connectivity index (χ1v) is 8.05. The molecule has 0 aliphatic rings. The summed E-state index contributed by atoms with van der Waals surface area (Å²) in [6, 6.07) is 4.04. The highest BCUT2D eigenvalue weighted by Crippen LogP contribution is 2.31. The van der Waals surface area contributed by atoms with Crippen LogP contribution in [-0.4, -0.2) is 15.7 Å². The number of rotatable bonds is 3. The Labute approximate surface area is 126 Å². The Bertz CT molecular complexity index is 597. The van der Waals surface area contributed by atoms with Crippen molar-refractivity contribution in [2.75, 3.05) is 5.32 Å². The molecule has 18 heavy (non-hydrogen) atoms. The Morgan fingerprint density at radius 3 is 2.94 bits per heavy atom. The molecular weight excluding hydrogens is 380 g/mol. The number of carbonyl (C=O) groups excluding carboxylic acids is 1. The fraction of sp³-hybridized carbons (Fsp3) is 0.333. The standard InChI is InChI=1S/C12H12Br2N2OS/c1-3-8(14)11(17)16-12-15-10-6(2)4-7(13)5-9(10)18-12/h4-5,8H,3H2,1-2H3,(H,15,16,17)/t8-/m0/s1. The molecule has 0 fully saturated rings. The predicted octanol–water partition coefficient (Wildman–Crippen LogP) is 4.48. The average Bonchev–Trinajstić information content (AvgIpc) is 2.70. The molecular formula is C12H12Br2N2OS. The zero-order valence-electron chi connectivity index (χ0n) is 9.96. The Hall–Kier alpha value is -0.460. The minimum Gasteiger partial charge on any atom is -0.301 e. The number of alkyl halides is 1. The monoisotopic (exact) mass is 390 g/mol. The second-order valence-electron chi connectivity index (χ2n) is 3.95. The van der Waals surface area contributed by atoms with Crippen LogP contribution in [0.1, 0.15) is 18.9 Å². The summed E-state index contributed by atoms with van der Waals surface area (Å²) in [5, 5.41) is 3.48. The molecule has 1 N–H and O–H groups in total. The number of halogens is 2. The van der Waals surface area contributed by atoms with Crippen LogP contribution >= 0.6 is 43.2 Å². The van der Waals surface area contributed by atoms with E-state index in [9.17, 15) is 4.79 Å². The third-order valence-corrected chi connectivity index (χ3v) is 4.96. The molecule has 1 aromatic carbocycles. The number of fused-ring (bicyclic) bond motifs is 1. The summed E-state index contributed by atoms with van der Waals surface area (Å²) in [7, 11) is 0. The van der Waals surface area contributed by atoms with Gasteiger partial charge in [0.15, 0.2) is 5.13 Å². The van der Waals surface area contributed by atoms with E-state index in [1.807, 2.05) is 26.0 Å². The van der Waals surface area contributed by atoms with Gasteiger partial charge >= 0.3 is 0 Å². The van der Waals surface area contributed by atoms with E-state index in [1.54, 1.807) is 0 Å². The van der Waals surface area contributed by atoms with E-state index in [2.05, 4.69) is 42.2 Å². The number of benzene rings is 1. The van der Waals surface area contributed by atoms with Crippen LogP contribution < -0.4 is 5.32 Å². The first-order chi connectivity index (χ1) is 8.51. The van der Waals surface area contributed by atoms with Crippen LogP contribution in [0.15, 0.2) is 16.6 Å². The zero-order valence-corrected chi connectivity index (χ0v) is 13.9. The van der Waals surface area contributed by atoms with Crippen molar-refractivity contribution in [3.8, 4) is 0 Å². The van der Waals surface area contributed by atoms with Gasteiger partial charge in [-0.05, 0) is 31.0 Å². The normalized spacial score (nSPS) is 12.7. The molecule has 6 heteroatoms. The van der Waals surface area contributed by atoms with Gasteiger partial charge in [0.2, 0.25) is 5.91 Å². The second kappa shape index (κ2) is 5.67. The smallest absolute Gasteiger partial charge is 0.239 e. The van der Waals surface area contributed by atoms with Gasteiger partial charge in [0.25, 0.3) is 0 Å². The van der Waals surface area contributed by atoms with Crippen molar-refractivity contribution in [3.05, 3.63) is 22.2 Å². The molecule has 96 valence electrons. The number of nitrogens with zero attached hydrogens (tertiary/aromatic N) is 1. The SMILES string of the molecule is CC[C@H](Br)C(=O)Nc1nc2c(C)cc(Br)cc2s1. The molecule has 0 unspecified atom stereocenters. The fourth-order valence-electron chi connectivity index (χ4n) is 1.58. The first kappa shape index (κ1) is 14.0. The maximum absolute atomic E-state index is 11.8. The number of hydrogen-bond donors (Lipinski definition) is 1. The number of nitrogens with one attached hydrogen (secondary N) is 1. The summed E-state index contributed by atoms with van der Waals surface area (Å²) in [4.78, 5) is 16.1.